The highest BCUT2D eigenvalue weighted by Crippen LogP contribution is 2.23. The minimum absolute atomic E-state index is 0.214. The van der Waals surface area contributed by atoms with Crippen molar-refractivity contribution in [2.45, 2.75) is 51.0 Å². The first-order chi connectivity index (χ1) is 8.75. The molecule has 2 rings (SSSR count). The van der Waals surface area contributed by atoms with Crippen molar-refractivity contribution in [1.29, 1.82) is 0 Å². The van der Waals surface area contributed by atoms with Crippen molar-refractivity contribution in [3.63, 3.8) is 0 Å². The van der Waals surface area contributed by atoms with Gasteiger partial charge < -0.3 is 16.0 Å². The van der Waals surface area contributed by atoms with Gasteiger partial charge in [-0.05, 0) is 51.6 Å². The van der Waals surface area contributed by atoms with Crippen LogP contribution < -0.4 is 11.1 Å². The highest BCUT2D eigenvalue weighted by molar-refractivity contribution is 5.78. The van der Waals surface area contributed by atoms with Crippen molar-refractivity contribution in [1.82, 2.24) is 10.2 Å². The van der Waals surface area contributed by atoms with E-state index < -0.39 is 0 Å². The maximum absolute atomic E-state index is 12.0. The second-order valence-corrected chi connectivity index (χ2v) is 5.81. The normalized spacial score (nSPS) is 30.1. The Morgan fingerprint density at radius 2 is 1.78 bits per heavy atom. The number of likely N-dealkylation sites (tertiary alicyclic amines) is 1. The van der Waals surface area contributed by atoms with Gasteiger partial charge in [0, 0.05) is 25.0 Å². The summed E-state index contributed by atoms with van der Waals surface area (Å²) in [6.07, 6.45) is 7.94. The molecule has 0 atom stereocenters. The van der Waals surface area contributed by atoms with E-state index >= 15 is 0 Å². The van der Waals surface area contributed by atoms with Crippen LogP contribution in [0.5, 0.6) is 0 Å². The number of rotatable bonds is 4. The van der Waals surface area contributed by atoms with Gasteiger partial charge in [0.15, 0.2) is 0 Å². The van der Waals surface area contributed by atoms with E-state index in [4.69, 9.17) is 5.73 Å². The smallest absolute Gasteiger partial charge is 0.223 e. The fourth-order valence-electron chi connectivity index (χ4n) is 3.05. The van der Waals surface area contributed by atoms with Crippen molar-refractivity contribution in [3.8, 4) is 0 Å². The first-order valence-electron chi connectivity index (χ1n) is 7.51. The molecular weight excluding hydrogens is 226 g/mol. The van der Waals surface area contributed by atoms with Crippen LogP contribution in [0.3, 0.4) is 0 Å². The SMILES string of the molecule is N[C@H]1CC[C@H](C(=O)NCCN2CCCCC2)CC1. The molecule has 0 radical (unpaired) electrons. The van der Waals surface area contributed by atoms with E-state index in [-0.39, 0.29) is 11.8 Å². The number of nitrogens with zero attached hydrogens (tertiary/aromatic N) is 1. The van der Waals surface area contributed by atoms with Gasteiger partial charge >= 0.3 is 0 Å². The van der Waals surface area contributed by atoms with E-state index in [1.807, 2.05) is 0 Å². The first-order valence-corrected chi connectivity index (χ1v) is 7.51. The van der Waals surface area contributed by atoms with E-state index in [1.54, 1.807) is 0 Å². The minimum Gasteiger partial charge on any atom is -0.355 e. The van der Waals surface area contributed by atoms with Crippen molar-refractivity contribution < 1.29 is 4.79 Å². The molecular formula is C14H27N3O. The molecule has 0 aromatic rings. The maximum Gasteiger partial charge on any atom is 0.223 e. The van der Waals surface area contributed by atoms with E-state index in [0.717, 1.165) is 38.8 Å². The maximum atomic E-state index is 12.0. The molecule has 4 heteroatoms. The largest absolute Gasteiger partial charge is 0.355 e. The van der Waals surface area contributed by atoms with Gasteiger partial charge in [-0.15, -0.1) is 0 Å². The van der Waals surface area contributed by atoms with Crippen LogP contribution in [0.15, 0.2) is 0 Å². The second-order valence-electron chi connectivity index (χ2n) is 5.81. The van der Waals surface area contributed by atoms with Crippen molar-refractivity contribution in [2.24, 2.45) is 11.7 Å². The average Bonchev–Trinajstić information content (AvgIpc) is 2.40. The molecule has 1 aliphatic heterocycles. The predicted octanol–water partition coefficient (Wildman–Crippen LogP) is 1.11. The van der Waals surface area contributed by atoms with Crippen LogP contribution >= 0.6 is 0 Å². The molecule has 18 heavy (non-hydrogen) atoms. The second kappa shape index (κ2) is 7.10. The molecule has 0 aromatic carbocycles. The number of hydrogen-bond donors (Lipinski definition) is 2. The summed E-state index contributed by atoms with van der Waals surface area (Å²) < 4.78 is 0. The number of piperidine rings is 1. The van der Waals surface area contributed by atoms with Gasteiger partial charge in [-0.25, -0.2) is 0 Å². The standard InChI is InChI=1S/C14H27N3O/c15-13-6-4-12(5-7-13)14(18)16-8-11-17-9-2-1-3-10-17/h12-13H,1-11,15H2,(H,16,18)/t12-,13-. The Labute approximate surface area is 110 Å². The van der Waals surface area contributed by atoms with Crippen LogP contribution in [-0.2, 0) is 4.79 Å². The summed E-state index contributed by atoms with van der Waals surface area (Å²) in [6, 6.07) is 0.322. The number of carbonyl (C=O) groups is 1. The molecule has 4 nitrogen and oxygen atoms in total. The quantitative estimate of drug-likeness (QED) is 0.789. The Hall–Kier alpha value is -0.610. The third-order valence-electron chi connectivity index (χ3n) is 4.32. The summed E-state index contributed by atoms with van der Waals surface area (Å²) in [5.41, 5.74) is 5.86. The van der Waals surface area contributed by atoms with Crippen LogP contribution in [0.2, 0.25) is 0 Å². The van der Waals surface area contributed by atoms with E-state index in [1.165, 1.54) is 32.4 Å². The molecule has 2 fully saturated rings. The zero-order valence-corrected chi connectivity index (χ0v) is 11.4. The highest BCUT2D eigenvalue weighted by Gasteiger charge is 2.24. The third kappa shape index (κ3) is 4.25. The Kier molecular flexibility index (Phi) is 5.45. The average molecular weight is 253 g/mol. The third-order valence-corrected chi connectivity index (χ3v) is 4.32. The summed E-state index contributed by atoms with van der Waals surface area (Å²) in [4.78, 5) is 14.4. The Morgan fingerprint density at radius 1 is 1.11 bits per heavy atom. The predicted molar refractivity (Wildman–Crippen MR) is 73.2 cm³/mol. The molecule has 0 spiro atoms. The molecule has 0 unspecified atom stereocenters. The molecule has 1 saturated carbocycles. The van der Waals surface area contributed by atoms with E-state index in [0.29, 0.717) is 6.04 Å². The monoisotopic (exact) mass is 253 g/mol. The molecule has 1 heterocycles. The van der Waals surface area contributed by atoms with E-state index in [2.05, 4.69) is 10.2 Å². The summed E-state index contributed by atoms with van der Waals surface area (Å²) in [6.45, 7) is 4.22. The van der Waals surface area contributed by atoms with Gasteiger partial charge in [-0.3, -0.25) is 4.79 Å². The van der Waals surface area contributed by atoms with Crippen LogP contribution in [0, 0.1) is 5.92 Å². The van der Waals surface area contributed by atoms with Gasteiger partial charge in [0.1, 0.15) is 0 Å². The lowest BCUT2D eigenvalue weighted by molar-refractivity contribution is -0.126. The molecule has 1 aliphatic carbocycles. The van der Waals surface area contributed by atoms with Gasteiger partial charge in [0.25, 0.3) is 0 Å². The topological polar surface area (TPSA) is 58.4 Å². The minimum atomic E-state index is 0.214. The first kappa shape index (κ1) is 13.8. The summed E-state index contributed by atoms with van der Waals surface area (Å²) >= 11 is 0. The lowest BCUT2D eigenvalue weighted by atomic mass is 9.86. The lowest BCUT2D eigenvalue weighted by Crippen LogP contribution is -2.41. The van der Waals surface area contributed by atoms with Crippen molar-refractivity contribution in [2.75, 3.05) is 26.2 Å². The van der Waals surface area contributed by atoms with Crippen LogP contribution in [-0.4, -0.2) is 43.0 Å². The number of nitrogens with one attached hydrogen (secondary N) is 1. The summed E-state index contributed by atoms with van der Waals surface area (Å²) in [7, 11) is 0. The molecule has 2 aliphatic rings. The highest BCUT2D eigenvalue weighted by atomic mass is 16.1. The Balaban J connectivity index is 1.59. The van der Waals surface area contributed by atoms with Crippen molar-refractivity contribution >= 4 is 5.91 Å². The van der Waals surface area contributed by atoms with Crippen LogP contribution in [0.4, 0.5) is 0 Å². The van der Waals surface area contributed by atoms with Gasteiger partial charge in [0.2, 0.25) is 5.91 Å². The fraction of sp³-hybridized carbons (Fsp3) is 0.929. The Bertz CT molecular complexity index is 256. The molecule has 0 aromatic heterocycles. The van der Waals surface area contributed by atoms with Crippen LogP contribution in [0.25, 0.3) is 0 Å². The lowest BCUT2D eigenvalue weighted by Gasteiger charge is -2.28. The molecule has 3 N–H and O–H groups in total. The van der Waals surface area contributed by atoms with Crippen LogP contribution in [0.1, 0.15) is 44.9 Å². The van der Waals surface area contributed by atoms with Crippen molar-refractivity contribution in [3.05, 3.63) is 0 Å². The number of nitrogens with two attached hydrogens (primary N) is 1. The number of hydrogen-bond acceptors (Lipinski definition) is 3. The zero-order chi connectivity index (χ0) is 12.8. The molecule has 1 saturated heterocycles. The molecule has 104 valence electrons. The Morgan fingerprint density at radius 3 is 2.44 bits per heavy atom. The number of amides is 1. The molecule has 1 amide bonds. The summed E-state index contributed by atoms with van der Waals surface area (Å²) in [5, 5.41) is 3.09. The summed E-state index contributed by atoms with van der Waals surface area (Å²) in [5.74, 6) is 0.463. The van der Waals surface area contributed by atoms with E-state index in [9.17, 15) is 4.79 Å². The number of carbonyl (C=O) groups excluding carboxylic acids is 1. The van der Waals surface area contributed by atoms with Gasteiger partial charge in [-0.1, -0.05) is 6.42 Å². The fourth-order valence-corrected chi connectivity index (χ4v) is 3.05. The van der Waals surface area contributed by atoms with Gasteiger partial charge in [0.05, 0.1) is 0 Å². The zero-order valence-electron chi connectivity index (χ0n) is 11.4. The molecule has 0 bridgehead atoms. The van der Waals surface area contributed by atoms with Gasteiger partial charge in [-0.2, -0.15) is 0 Å².